The van der Waals surface area contributed by atoms with Crippen molar-refractivity contribution in [1.29, 1.82) is 0 Å². The van der Waals surface area contributed by atoms with Crippen LogP contribution in [-0.4, -0.2) is 25.3 Å². The summed E-state index contributed by atoms with van der Waals surface area (Å²) in [7, 11) is -3.14. The van der Waals surface area contributed by atoms with Gasteiger partial charge in [-0.1, -0.05) is 12.8 Å². The van der Waals surface area contributed by atoms with E-state index in [9.17, 15) is 13.2 Å². The molecule has 0 spiro atoms. The van der Waals surface area contributed by atoms with Gasteiger partial charge in [-0.2, -0.15) is 0 Å². The predicted molar refractivity (Wildman–Crippen MR) is 80.7 cm³/mol. The fourth-order valence-corrected chi connectivity index (χ4v) is 4.57. The lowest BCUT2D eigenvalue weighted by Crippen LogP contribution is -2.30. The first kappa shape index (κ1) is 16.1. The first-order chi connectivity index (χ1) is 9.88. The van der Waals surface area contributed by atoms with Gasteiger partial charge >= 0.3 is 0 Å². The number of hydrogen-bond donors (Lipinski definition) is 1. The molecule has 0 aromatic carbocycles. The molecule has 1 saturated carbocycles. The molecule has 0 saturated heterocycles. The second-order valence-corrected chi connectivity index (χ2v) is 8.16. The number of sulfone groups is 1. The van der Waals surface area contributed by atoms with Gasteiger partial charge in [0.15, 0.2) is 9.84 Å². The van der Waals surface area contributed by atoms with Gasteiger partial charge < -0.3 is 9.73 Å². The van der Waals surface area contributed by atoms with E-state index in [1.54, 1.807) is 0 Å². The van der Waals surface area contributed by atoms with E-state index in [1.807, 2.05) is 26.0 Å². The molecule has 21 heavy (non-hydrogen) atoms. The standard InChI is InChI=1S/C15H23NO4S/c1-11-7-8-14(20-11)12(2)16-15(17)9-10-21(18,19)13-5-3-4-6-13/h7-8,12-13H,3-6,9-10H2,1-2H3,(H,16,17). The molecule has 1 amide bonds. The molecule has 1 unspecified atom stereocenters. The highest BCUT2D eigenvalue weighted by molar-refractivity contribution is 7.92. The van der Waals surface area contributed by atoms with Crippen LogP contribution in [0.5, 0.6) is 0 Å². The van der Waals surface area contributed by atoms with Crippen LogP contribution in [0.4, 0.5) is 0 Å². The van der Waals surface area contributed by atoms with Crippen molar-refractivity contribution in [3.05, 3.63) is 23.7 Å². The summed E-state index contributed by atoms with van der Waals surface area (Å²) in [4.78, 5) is 11.9. The van der Waals surface area contributed by atoms with E-state index in [0.717, 1.165) is 31.4 Å². The van der Waals surface area contributed by atoms with Gasteiger partial charge in [0.05, 0.1) is 17.0 Å². The van der Waals surface area contributed by atoms with Crippen LogP contribution in [0.3, 0.4) is 0 Å². The SMILES string of the molecule is Cc1ccc(C(C)NC(=O)CCS(=O)(=O)C2CCCC2)o1. The zero-order valence-corrected chi connectivity index (χ0v) is 13.4. The van der Waals surface area contributed by atoms with Crippen LogP contribution in [-0.2, 0) is 14.6 Å². The van der Waals surface area contributed by atoms with Crippen LogP contribution in [0.1, 0.15) is 56.6 Å². The van der Waals surface area contributed by atoms with E-state index in [4.69, 9.17) is 4.42 Å². The number of carbonyl (C=O) groups excluding carboxylic acids is 1. The van der Waals surface area contributed by atoms with Crippen LogP contribution >= 0.6 is 0 Å². The Morgan fingerprint density at radius 1 is 1.38 bits per heavy atom. The van der Waals surface area contributed by atoms with Crippen molar-refractivity contribution in [1.82, 2.24) is 5.32 Å². The molecule has 1 aliphatic carbocycles. The van der Waals surface area contributed by atoms with Crippen molar-refractivity contribution in [3.8, 4) is 0 Å². The van der Waals surface area contributed by atoms with Crippen LogP contribution < -0.4 is 5.32 Å². The Hall–Kier alpha value is -1.30. The third kappa shape index (κ3) is 4.33. The molecule has 0 aliphatic heterocycles. The number of amides is 1. The average molecular weight is 313 g/mol. The molecule has 0 radical (unpaired) electrons. The summed E-state index contributed by atoms with van der Waals surface area (Å²) < 4.78 is 29.6. The maximum absolute atomic E-state index is 12.1. The summed E-state index contributed by atoms with van der Waals surface area (Å²) >= 11 is 0. The van der Waals surface area contributed by atoms with E-state index in [2.05, 4.69) is 5.32 Å². The summed E-state index contributed by atoms with van der Waals surface area (Å²) in [6.07, 6.45) is 3.46. The van der Waals surface area contributed by atoms with Crippen molar-refractivity contribution in [2.75, 3.05) is 5.75 Å². The molecule has 2 rings (SSSR count). The van der Waals surface area contributed by atoms with Gasteiger partial charge in [-0.05, 0) is 38.8 Å². The molecular weight excluding hydrogens is 290 g/mol. The lowest BCUT2D eigenvalue weighted by molar-refractivity contribution is -0.121. The predicted octanol–water partition coefficient (Wildman–Crippen LogP) is 2.51. The molecule has 1 aromatic heterocycles. The second kappa shape index (κ2) is 6.64. The van der Waals surface area contributed by atoms with Crippen molar-refractivity contribution in [2.24, 2.45) is 0 Å². The lowest BCUT2D eigenvalue weighted by Gasteiger charge is -2.13. The van der Waals surface area contributed by atoms with Crippen molar-refractivity contribution in [3.63, 3.8) is 0 Å². The fourth-order valence-electron chi connectivity index (χ4n) is 2.72. The van der Waals surface area contributed by atoms with E-state index in [-0.39, 0.29) is 29.4 Å². The number of aryl methyl sites for hydroxylation is 1. The van der Waals surface area contributed by atoms with Gasteiger partial charge in [-0.25, -0.2) is 8.42 Å². The molecule has 1 atom stereocenters. The van der Waals surface area contributed by atoms with Gasteiger partial charge in [0, 0.05) is 6.42 Å². The summed E-state index contributed by atoms with van der Waals surface area (Å²) in [5.74, 6) is 1.15. The highest BCUT2D eigenvalue weighted by Crippen LogP contribution is 2.25. The number of furan rings is 1. The molecule has 1 aromatic rings. The zero-order valence-electron chi connectivity index (χ0n) is 12.6. The molecule has 1 N–H and O–H groups in total. The Labute approximate surface area is 126 Å². The second-order valence-electron chi connectivity index (χ2n) is 5.76. The Kier molecular flexibility index (Phi) is 5.08. The smallest absolute Gasteiger partial charge is 0.221 e. The molecule has 0 bridgehead atoms. The molecule has 1 aliphatic rings. The topological polar surface area (TPSA) is 76.4 Å². The van der Waals surface area contributed by atoms with Crippen LogP contribution in [0, 0.1) is 6.92 Å². The maximum atomic E-state index is 12.1. The summed E-state index contributed by atoms with van der Waals surface area (Å²) in [6, 6.07) is 3.40. The third-order valence-electron chi connectivity index (χ3n) is 3.99. The van der Waals surface area contributed by atoms with Gasteiger partial charge in [-0.3, -0.25) is 4.79 Å². The van der Waals surface area contributed by atoms with Crippen molar-refractivity contribution < 1.29 is 17.6 Å². The van der Waals surface area contributed by atoms with E-state index in [1.165, 1.54) is 0 Å². The molecular formula is C15H23NO4S. The number of hydrogen-bond acceptors (Lipinski definition) is 4. The minimum atomic E-state index is -3.14. The largest absolute Gasteiger partial charge is 0.464 e. The monoisotopic (exact) mass is 313 g/mol. The molecule has 1 fully saturated rings. The zero-order chi connectivity index (χ0) is 15.5. The Morgan fingerprint density at radius 3 is 2.62 bits per heavy atom. The Bertz CT molecular complexity index is 585. The third-order valence-corrected chi connectivity index (χ3v) is 6.25. The summed E-state index contributed by atoms with van der Waals surface area (Å²) in [6.45, 7) is 3.66. The highest BCUT2D eigenvalue weighted by Gasteiger charge is 2.29. The fraction of sp³-hybridized carbons (Fsp3) is 0.667. The van der Waals surface area contributed by atoms with Gasteiger partial charge in [0.2, 0.25) is 5.91 Å². The van der Waals surface area contributed by atoms with Gasteiger partial charge in [-0.15, -0.1) is 0 Å². The lowest BCUT2D eigenvalue weighted by atomic mass is 10.2. The number of nitrogens with one attached hydrogen (secondary N) is 1. The van der Waals surface area contributed by atoms with Crippen molar-refractivity contribution >= 4 is 15.7 Å². The first-order valence-corrected chi connectivity index (χ1v) is 9.17. The van der Waals surface area contributed by atoms with Crippen molar-refractivity contribution in [2.45, 2.75) is 57.2 Å². The molecule has 5 nitrogen and oxygen atoms in total. The van der Waals surface area contributed by atoms with Gasteiger partial charge in [0.1, 0.15) is 11.5 Å². The Balaban J connectivity index is 1.82. The van der Waals surface area contributed by atoms with E-state index < -0.39 is 9.84 Å². The minimum absolute atomic E-state index is 0.0167. The molecule has 1 heterocycles. The van der Waals surface area contributed by atoms with E-state index >= 15 is 0 Å². The first-order valence-electron chi connectivity index (χ1n) is 7.46. The van der Waals surface area contributed by atoms with Crippen LogP contribution in [0.15, 0.2) is 16.5 Å². The normalized spacial score (nSPS) is 17.8. The Morgan fingerprint density at radius 2 is 2.05 bits per heavy atom. The summed E-state index contributed by atoms with van der Waals surface area (Å²) in [5.41, 5.74) is 0. The number of rotatable bonds is 6. The maximum Gasteiger partial charge on any atom is 0.221 e. The minimum Gasteiger partial charge on any atom is -0.464 e. The molecule has 6 heteroatoms. The quantitative estimate of drug-likeness (QED) is 0.875. The summed E-state index contributed by atoms with van der Waals surface area (Å²) in [5, 5.41) is 2.54. The van der Waals surface area contributed by atoms with Crippen LogP contribution in [0.25, 0.3) is 0 Å². The van der Waals surface area contributed by atoms with Gasteiger partial charge in [0.25, 0.3) is 0 Å². The highest BCUT2D eigenvalue weighted by atomic mass is 32.2. The van der Waals surface area contributed by atoms with Crippen LogP contribution in [0.2, 0.25) is 0 Å². The number of carbonyl (C=O) groups is 1. The average Bonchev–Trinajstić information content (AvgIpc) is 3.07. The van der Waals surface area contributed by atoms with E-state index in [0.29, 0.717) is 5.76 Å². The molecule has 118 valence electrons.